The summed E-state index contributed by atoms with van der Waals surface area (Å²) in [6, 6.07) is -0.0820. The van der Waals surface area contributed by atoms with E-state index in [1.54, 1.807) is 9.21 Å². The highest BCUT2D eigenvalue weighted by atomic mass is 32.2. The molecule has 0 N–H and O–H groups in total. The van der Waals surface area contributed by atoms with Crippen molar-refractivity contribution in [1.82, 2.24) is 9.21 Å². The second-order valence-corrected chi connectivity index (χ2v) is 9.16. The number of sulfonamides is 1. The zero-order valence-corrected chi connectivity index (χ0v) is 13.0. The fourth-order valence-electron chi connectivity index (χ4n) is 3.04. The van der Waals surface area contributed by atoms with Gasteiger partial charge in [0.25, 0.3) is 0 Å². The van der Waals surface area contributed by atoms with Gasteiger partial charge in [0.05, 0.1) is 11.3 Å². The van der Waals surface area contributed by atoms with Gasteiger partial charge in [-0.3, -0.25) is 0 Å². The summed E-state index contributed by atoms with van der Waals surface area (Å²) in [5.41, 5.74) is -0.515. The summed E-state index contributed by atoms with van der Waals surface area (Å²) in [7, 11) is -3.13. The lowest BCUT2D eigenvalue weighted by molar-refractivity contribution is 0.0173. The van der Waals surface area contributed by atoms with E-state index in [0.29, 0.717) is 13.1 Å². The number of hydrogen-bond donors (Lipinski definition) is 0. The Bertz CT molecular complexity index is 521. The predicted octanol–water partition coefficient (Wildman–Crippen LogP) is 1.17. The van der Waals surface area contributed by atoms with E-state index in [4.69, 9.17) is 4.74 Å². The molecule has 2 unspecified atom stereocenters. The molecule has 2 aliphatic heterocycles. The van der Waals surface area contributed by atoms with Gasteiger partial charge in [-0.05, 0) is 40.0 Å². The van der Waals surface area contributed by atoms with E-state index in [-0.39, 0.29) is 23.4 Å². The molecule has 20 heavy (non-hydrogen) atoms. The predicted molar refractivity (Wildman–Crippen MR) is 73.8 cm³/mol. The normalized spacial score (nSPS) is 30.9. The van der Waals surface area contributed by atoms with E-state index in [1.165, 1.54) is 0 Å². The Morgan fingerprint density at radius 2 is 1.80 bits per heavy atom. The second kappa shape index (κ2) is 4.34. The lowest BCUT2D eigenvalue weighted by Gasteiger charge is -2.34. The van der Waals surface area contributed by atoms with E-state index >= 15 is 0 Å². The average molecular weight is 302 g/mol. The number of nitrogens with zero attached hydrogens (tertiary/aromatic N) is 2. The number of fused-ring (bicyclic) bond motifs is 2. The number of carbonyl (C=O) groups is 1. The van der Waals surface area contributed by atoms with Crippen molar-refractivity contribution in [3.63, 3.8) is 0 Å². The van der Waals surface area contributed by atoms with Crippen molar-refractivity contribution >= 4 is 16.1 Å². The summed E-state index contributed by atoms with van der Waals surface area (Å²) in [6.45, 7) is 6.41. The van der Waals surface area contributed by atoms with Crippen LogP contribution in [0.25, 0.3) is 0 Å². The van der Waals surface area contributed by atoms with Crippen molar-refractivity contribution in [2.24, 2.45) is 0 Å². The molecule has 3 aliphatic rings. The van der Waals surface area contributed by atoms with Gasteiger partial charge in [0.15, 0.2) is 0 Å². The second-order valence-electron chi connectivity index (χ2n) is 6.99. The van der Waals surface area contributed by atoms with Gasteiger partial charge in [0, 0.05) is 19.1 Å². The van der Waals surface area contributed by atoms with Crippen LogP contribution in [0.3, 0.4) is 0 Å². The fraction of sp³-hybridized carbons (Fsp3) is 0.923. The van der Waals surface area contributed by atoms with E-state index in [9.17, 15) is 13.2 Å². The van der Waals surface area contributed by atoms with Crippen LogP contribution in [0.1, 0.15) is 40.0 Å². The molecular weight excluding hydrogens is 280 g/mol. The Kier molecular flexibility index (Phi) is 3.06. The van der Waals surface area contributed by atoms with Crippen molar-refractivity contribution in [2.45, 2.75) is 63.0 Å². The van der Waals surface area contributed by atoms with Gasteiger partial charge in [-0.1, -0.05) is 0 Å². The van der Waals surface area contributed by atoms with E-state index in [1.807, 2.05) is 20.8 Å². The van der Waals surface area contributed by atoms with Crippen LogP contribution in [0, 0.1) is 0 Å². The summed E-state index contributed by atoms with van der Waals surface area (Å²) in [5.74, 6) is 0. The molecule has 1 saturated carbocycles. The molecule has 2 bridgehead atoms. The minimum absolute atomic E-state index is 0.0247. The standard InChI is InChI=1S/C13H22N2O4S/c1-13(2,3)19-12(16)14-7-10-6-9(14)8-15(10)20(17,18)11-4-5-11/h9-11H,4-8H2,1-3H3. The molecule has 3 rings (SSSR count). The van der Waals surface area contributed by atoms with E-state index < -0.39 is 15.6 Å². The summed E-state index contributed by atoms with van der Waals surface area (Å²) in [4.78, 5) is 13.8. The molecule has 1 amide bonds. The minimum Gasteiger partial charge on any atom is -0.444 e. The molecule has 2 atom stereocenters. The van der Waals surface area contributed by atoms with Crippen molar-refractivity contribution in [3.05, 3.63) is 0 Å². The first-order valence-electron chi connectivity index (χ1n) is 7.19. The molecule has 0 radical (unpaired) electrons. The largest absolute Gasteiger partial charge is 0.444 e. The Morgan fingerprint density at radius 3 is 2.25 bits per heavy atom. The Morgan fingerprint density at radius 1 is 1.15 bits per heavy atom. The fourth-order valence-corrected chi connectivity index (χ4v) is 5.11. The van der Waals surface area contributed by atoms with Gasteiger partial charge in [-0.15, -0.1) is 0 Å². The van der Waals surface area contributed by atoms with Crippen LogP contribution in [0.5, 0.6) is 0 Å². The highest BCUT2D eigenvalue weighted by Gasteiger charge is 2.53. The molecule has 3 fully saturated rings. The van der Waals surface area contributed by atoms with Crippen LogP contribution in [-0.2, 0) is 14.8 Å². The molecule has 7 heteroatoms. The lowest BCUT2D eigenvalue weighted by Crippen LogP contribution is -2.52. The molecule has 114 valence electrons. The first-order valence-corrected chi connectivity index (χ1v) is 8.69. The number of rotatable bonds is 2. The van der Waals surface area contributed by atoms with Crippen LogP contribution in [0.15, 0.2) is 0 Å². The third kappa shape index (κ3) is 2.41. The maximum atomic E-state index is 12.3. The van der Waals surface area contributed by atoms with Gasteiger partial charge in [0.1, 0.15) is 5.60 Å². The molecule has 0 aromatic heterocycles. The summed E-state index contributed by atoms with van der Waals surface area (Å²) in [6.07, 6.45) is 1.98. The Balaban J connectivity index is 1.66. The number of hydrogen-bond acceptors (Lipinski definition) is 4. The van der Waals surface area contributed by atoms with Gasteiger partial charge < -0.3 is 9.64 Å². The number of likely N-dealkylation sites (tertiary alicyclic amines) is 1. The molecular formula is C13H22N2O4S. The van der Waals surface area contributed by atoms with Gasteiger partial charge in [-0.25, -0.2) is 13.2 Å². The highest BCUT2D eigenvalue weighted by Crippen LogP contribution is 2.39. The summed E-state index contributed by atoms with van der Waals surface area (Å²) < 4.78 is 31.6. The SMILES string of the molecule is CC(C)(C)OC(=O)N1CC2CC1CN2S(=O)(=O)C1CC1. The molecule has 0 spiro atoms. The van der Waals surface area contributed by atoms with E-state index in [2.05, 4.69) is 0 Å². The van der Waals surface area contributed by atoms with Crippen molar-refractivity contribution in [2.75, 3.05) is 13.1 Å². The van der Waals surface area contributed by atoms with Crippen molar-refractivity contribution in [3.8, 4) is 0 Å². The van der Waals surface area contributed by atoms with Crippen LogP contribution < -0.4 is 0 Å². The highest BCUT2D eigenvalue weighted by molar-refractivity contribution is 7.90. The molecule has 6 nitrogen and oxygen atoms in total. The van der Waals surface area contributed by atoms with E-state index in [0.717, 1.165) is 19.3 Å². The number of amides is 1. The monoisotopic (exact) mass is 302 g/mol. The average Bonchev–Trinajstić information content (AvgIpc) is 2.98. The number of carbonyl (C=O) groups excluding carboxylic acids is 1. The van der Waals surface area contributed by atoms with Crippen LogP contribution in [-0.4, -0.2) is 59.7 Å². The maximum absolute atomic E-state index is 12.3. The quantitative estimate of drug-likeness (QED) is 0.768. The van der Waals surface area contributed by atoms with Crippen LogP contribution >= 0.6 is 0 Å². The maximum Gasteiger partial charge on any atom is 0.410 e. The molecule has 2 heterocycles. The van der Waals surface area contributed by atoms with Gasteiger partial charge >= 0.3 is 6.09 Å². The minimum atomic E-state index is -3.13. The topological polar surface area (TPSA) is 66.9 Å². The number of ether oxygens (including phenoxy) is 1. The van der Waals surface area contributed by atoms with Crippen molar-refractivity contribution in [1.29, 1.82) is 0 Å². The van der Waals surface area contributed by atoms with Crippen LogP contribution in [0.4, 0.5) is 4.79 Å². The third-order valence-electron chi connectivity index (χ3n) is 4.09. The number of piperazine rings is 1. The van der Waals surface area contributed by atoms with Gasteiger partial charge in [0.2, 0.25) is 10.0 Å². The molecule has 1 aliphatic carbocycles. The smallest absolute Gasteiger partial charge is 0.410 e. The Labute approximate surface area is 120 Å². The summed E-state index contributed by atoms with van der Waals surface area (Å²) >= 11 is 0. The van der Waals surface area contributed by atoms with Gasteiger partial charge in [-0.2, -0.15) is 4.31 Å². The molecule has 2 saturated heterocycles. The third-order valence-corrected chi connectivity index (χ3v) is 6.51. The van der Waals surface area contributed by atoms with Crippen molar-refractivity contribution < 1.29 is 17.9 Å². The first kappa shape index (κ1) is 14.1. The first-order chi connectivity index (χ1) is 9.18. The Hall–Kier alpha value is -0.820. The lowest BCUT2D eigenvalue weighted by atomic mass is 10.2. The molecule has 0 aromatic carbocycles. The van der Waals surface area contributed by atoms with Crippen LogP contribution in [0.2, 0.25) is 0 Å². The summed E-state index contributed by atoms with van der Waals surface area (Å²) in [5, 5.41) is -0.170. The molecule has 0 aromatic rings. The zero-order chi connectivity index (χ0) is 14.7. The zero-order valence-electron chi connectivity index (χ0n) is 12.2.